The van der Waals surface area contributed by atoms with Crippen molar-refractivity contribution < 1.29 is 22.3 Å². The maximum absolute atomic E-state index is 11.7. The Morgan fingerprint density at radius 1 is 1.33 bits per heavy atom. The van der Waals surface area contributed by atoms with Crippen molar-refractivity contribution in [2.45, 2.75) is 19.3 Å². The summed E-state index contributed by atoms with van der Waals surface area (Å²) in [6.45, 7) is -1.29. The van der Waals surface area contributed by atoms with Gasteiger partial charge >= 0.3 is 6.18 Å². The molecular weight excluding hydrogens is 215 g/mol. The van der Waals surface area contributed by atoms with Crippen LogP contribution in [0.1, 0.15) is 11.8 Å². The van der Waals surface area contributed by atoms with Gasteiger partial charge in [-0.25, -0.2) is 0 Å². The molecule has 1 N–H and O–H groups in total. The number of nitrogens with zero attached hydrogens (tertiary/aromatic N) is 2. The molecule has 0 atom stereocenters. The van der Waals surface area contributed by atoms with E-state index in [4.69, 9.17) is 4.42 Å². The molecule has 0 amide bonds. The van der Waals surface area contributed by atoms with Crippen molar-refractivity contribution in [2.75, 3.05) is 13.7 Å². The standard InChI is InChI=1S/C7H10F3N3O2/c1-11-2-5-12-13-6(15-5)3-14-4-7(8,9)10/h11H,2-4H2,1H3. The van der Waals surface area contributed by atoms with Crippen LogP contribution in [0.4, 0.5) is 13.2 Å². The molecule has 0 unspecified atom stereocenters. The highest BCUT2D eigenvalue weighted by Crippen LogP contribution is 2.15. The minimum atomic E-state index is -4.34. The van der Waals surface area contributed by atoms with Crippen LogP contribution in [-0.4, -0.2) is 30.0 Å². The molecule has 1 heterocycles. The molecule has 0 aliphatic rings. The summed E-state index contributed by atoms with van der Waals surface area (Å²) in [5.41, 5.74) is 0. The molecule has 0 radical (unpaired) electrons. The molecule has 86 valence electrons. The summed E-state index contributed by atoms with van der Waals surface area (Å²) in [5, 5.41) is 9.85. The summed E-state index contributed by atoms with van der Waals surface area (Å²) in [7, 11) is 1.68. The molecule has 5 nitrogen and oxygen atoms in total. The van der Waals surface area contributed by atoms with E-state index in [1.54, 1.807) is 7.05 Å². The van der Waals surface area contributed by atoms with Crippen LogP contribution in [0.3, 0.4) is 0 Å². The summed E-state index contributed by atoms with van der Waals surface area (Å²) in [6.07, 6.45) is -4.34. The van der Waals surface area contributed by atoms with Gasteiger partial charge in [0.25, 0.3) is 0 Å². The number of aromatic nitrogens is 2. The van der Waals surface area contributed by atoms with Crippen LogP contribution < -0.4 is 5.32 Å². The van der Waals surface area contributed by atoms with E-state index in [9.17, 15) is 13.2 Å². The van der Waals surface area contributed by atoms with Crippen LogP contribution in [0, 0.1) is 0 Å². The maximum Gasteiger partial charge on any atom is 0.411 e. The fourth-order valence-corrected chi connectivity index (χ4v) is 0.823. The van der Waals surface area contributed by atoms with E-state index in [1.165, 1.54) is 0 Å². The van der Waals surface area contributed by atoms with Gasteiger partial charge in [-0.2, -0.15) is 13.2 Å². The molecule has 0 aromatic carbocycles. The van der Waals surface area contributed by atoms with Crippen LogP contribution in [-0.2, 0) is 17.9 Å². The Bertz CT molecular complexity index is 300. The Balaban J connectivity index is 2.31. The Hall–Kier alpha value is -1.15. The van der Waals surface area contributed by atoms with Crippen molar-refractivity contribution in [1.82, 2.24) is 15.5 Å². The average Bonchev–Trinajstić information content (AvgIpc) is 2.51. The van der Waals surface area contributed by atoms with Gasteiger partial charge in [-0.05, 0) is 7.05 Å². The summed E-state index contributed by atoms with van der Waals surface area (Å²) in [4.78, 5) is 0. The zero-order chi connectivity index (χ0) is 11.3. The molecule has 0 aliphatic heterocycles. The summed E-state index contributed by atoms with van der Waals surface area (Å²) in [5.74, 6) is 0.340. The third kappa shape index (κ3) is 4.75. The highest BCUT2D eigenvalue weighted by atomic mass is 19.4. The number of nitrogens with one attached hydrogen (secondary N) is 1. The zero-order valence-corrected chi connectivity index (χ0v) is 7.97. The van der Waals surface area contributed by atoms with E-state index in [-0.39, 0.29) is 12.5 Å². The number of rotatable bonds is 5. The first kappa shape index (κ1) is 11.9. The lowest BCUT2D eigenvalue weighted by Crippen LogP contribution is -2.16. The smallest absolute Gasteiger partial charge is 0.411 e. The van der Waals surface area contributed by atoms with E-state index in [0.29, 0.717) is 12.4 Å². The van der Waals surface area contributed by atoms with Gasteiger partial charge < -0.3 is 14.5 Å². The normalized spacial score (nSPS) is 12.0. The molecule has 0 aliphatic carbocycles. The number of hydrogen-bond acceptors (Lipinski definition) is 5. The van der Waals surface area contributed by atoms with Gasteiger partial charge in [0.2, 0.25) is 11.8 Å². The van der Waals surface area contributed by atoms with Crippen LogP contribution >= 0.6 is 0 Å². The fraction of sp³-hybridized carbons (Fsp3) is 0.714. The van der Waals surface area contributed by atoms with E-state index in [2.05, 4.69) is 20.3 Å². The second-order valence-electron chi connectivity index (χ2n) is 2.73. The van der Waals surface area contributed by atoms with Gasteiger partial charge in [0.05, 0.1) is 6.54 Å². The second-order valence-corrected chi connectivity index (χ2v) is 2.73. The van der Waals surface area contributed by atoms with E-state index >= 15 is 0 Å². The van der Waals surface area contributed by atoms with Crippen molar-refractivity contribution in [3.05, 3.63) is 11.8 Å². The highest BCUT2D eigenvalue weighted by Gasteiger charge is 2.27. The molecule has 0 fully saturated rings. The van der Waals surface area contributed by atoms with Gasteiger partial charge in [0.15, 0.2) is 0 Å². The van der Waals surface area contributed by atoms with E-state index in [1.807, 2.05) is 0 Å². The Morgan fingerprint density at radius 2 is 2.00 bits per heavy atom. The molecule has 8 heteroatoms. The first-order chi connectivity index (χ1) is 7.01. The Morgan fingerprint density at radius 3 is 2.60 bits per heavy atom. The summed E-state index contributed by atoms with van der Waals surface area (Å²) in [6, 6.07) is 0. The SMILES string of the molecule is CNCc1nnc(COCC(F)(F)F)o1. The number of hydrogen-bond donors (Lipinski definition) is 1. The zero-order valence-electron chi connectivity index (χ0n) is 7.97. The molecule has 15 heavy (non-hydrogen) atoms. The van der Waals surface area contributed by atoms with Gasteiger partial charge in [-0.3, -0.25) is 0 Å². The largest absolute Gasteiger partial charge is 0.421 e. The predicted molar refractivity (Wildman–Crippen MR) is 42.8 cm³/mol. The lowest BCUT2D eigenvalue weighted by atomic mass is 10.6. The molecule has 0 bridgehead atoms. The second kappa shape index (κ2) is 5.08. The fourth-order valence-electron chi connectivity index (χ4n) is 0.823. The van der Waals surface area contributed by atoms with Crippen LogP contribution in [0.25, 0.3) is 0 Å². The van der Waals surface area contributed by atoms with E-state index < -0.39 is 12.8 Å². The molecule has 1 aromatic rings. The quantitative estimate of drug-likeness (QED) is 0.805. The van der Waals surface area contributed by atoms with Crippen molar-refractivity contribution in [3.63, 3.8) is 0 Å². The Kier molecular flexibility index (Phi) is 4.04. The first-order valence-corrected chi connectivity index (χ1v) is 4.11. The van der Waals surface area contributed by atoms with Gasteiger partial charge in [-0.15, -0.1) is 10.2 Å². The van der Waals surface area contributed by atoms with Gasteiger partial charge in [-0.1, -0.05) is 0 Å². The predicted octanol–water partition coefficient (Wildman–Crippen LogP) is 0.868. The third-order valence-electron chi connectivity index (χ3n) is 1.33. The topological polar surface area (TPSA) is 60.2 Å². The molecule has 0 saturated heterocycles. The monoisotopic (exact) mass is 225 g/mol. The number of halogens is 3. The van der Waals surface area contributed by atoms with Crippen molar-refractivity contribution in [3.8, 4) is 0 Å². The summed E-state index contributed by atoms with van der Waals surface area (Å²) < 4.78 is 44.3. The molecule has 1 rings (SSSR count). The van der Waals surface area contributed by atoms with Gasteiger partial charge in [0, 0.05) is 0 Å². The van der Waals surface area contributed by atoms with Crippen LogP contribution in [0.15, 0.2) is 4.42 Å². The van der Waals surface area contributed by atoms with E-state index in [0.717, 1.165) is 0 Å². The summed E-state index contributed by atoms with van der Waals surface area (Å²) >= 11 is 0. The minimum absolute atomic E-state index is 0.0319. The molecular formula is C7H10F3N3O2. The van der Waals surface area contributed by atoms with Gasteiger partial charge in [0.1, 0.15) is 13.2 Å². The molecule has 1 aromatic heterocycles. The average molecular weight is 225 g/mol. The van der Waals surface area contributed by atoms with Crippen molar-refractivity contribution in [1.29, 1.82) is 0 Å². The van der Waals surface area contributed by atoms with Crippen LogP contribution in [0.2, 0.25) is 0 Å². The number of ether oxygens (including phenoxy) is 1. The van der Waals surface area contributed by atoms with Crippen molar-refractivity contribution >= 4 is 0 Å². The third-order valence-corrected chi connectivity index (χ3v) is 1.33. The molecule has 0 saturated carbocycles. The Labute approximate surface area is 83.6 Å². The molecule has 0 spiro atoms. The lowest BCUT2D eigenvalue weighted by molar-refractivity contribution is -0.177. The highest BCUT2D eigenvalue weighted by molar-refractivity contribution is 4.79. The minimum Gasteiger partial charge on any atom is -0.421 e. The van der Waals surface area contributed by atoms with Crippen LogP contribution in [0.5, 0.6) is 0 Å². The maximum atomic E-state index is 11.7. The number of alkyl halides is 3. The lowest BCUT2D eigenvalue weighted by Gasteiger charge is -2.04. The first-order valence-electron chi connectivity index (χ1n) is 4.11. The van der Waals surface area contributed by atoms with Crippen molar-refractivity contribution in [2.24, 2.45) is 0 Å².